The standard InChI is InChI=1S/C14H15N3O2/c1-9-11(8-15)17(2)14(16-9)10-5-6-12(18-3)13(7-10)19-4/h5-7H,1-4H3. The lowest BCUT2D eigenvalue weighted by molar-refractivity contribution is 0.355. The number of aryl methyl sites for hydroxylation is 1. The van der Waals surface area contributed by atoms with E-state index in [0.29, 0.717) is 17.2 Å². The van der Waals surface area contributed by atoms with E-state index in [9.17, 15) is 0 Å². The second-order valence-electron chi connectivity index (χ2n) is 4.11. The van der Waals surface area contributed by atoms with Gasteiger partial charge in [0.05, 0.1) is 19.9 Å². The number of ether oxygens (including phenoxy) is 2. The summed E-state index contributed by atoms with van der Waals surface area (Å²) in [6.07, 6.45) is 0. The molecule has 98 valence electrons. The van der Waals surface area contributed by atoms with Crippen LogP contribution in [0.4, 0.5) is 0 Å². The molecule has 1 aromatic heterocycles. The summed E-state index contributed by atoms with van der Waals surface area (Å²) in [5.74, 6) is 2.03. The fraction of sp³-hybridized carbons (Fsp3) is 0.286. The Bertz CT molecular complexity index is 653. The maximum Gasteiger partial charge on any atom is 0.161 e. The van der Waals surface area contributed by atoms with E-state index in [1.165, 1.54) is 0 Å². The van der Waals surface area contributed by atoms with Crippen molar-refractivity contribution in [3.05, 3.63) is 29.6 Å². The first-order valence-corrected chi connectivity index (χ1v) is 5.78. The van der Waals surface area contributed by atoms with Crippen LogP contribution < -0.4 is 9.47 Å². The summed E-state index contributed by atoms with van der Waals surface area (Å²) in [6, 6.07) is 7.72. The molecule has 19 heavy (non-hydrogen) atoms. The van der Waals surface area contributed by atoms with Gasteiger partial charge in [-0.2, -0.15) is 5.26 Å². The van der Waals surface area contributed by atoms with Crippen LogP contribution in [-0.4, -0.2) is 23.8 Å². The van der Waals surface area contributed by atoms with E-state index in [1.54, 1.807) is 18.8 Å². The molecule has 1 aromatic carbocycles. The van der Waals surface area contributed by atoms with Crippen LogP contribution in [0.25, 0.3) is 11.4 Å². The quantitative estimate of drug-likeness (QED) is 0.846. The lowest BCUT2D eigenvalue weighted by Gasteiger charge is -2.09. The van der Waals surface area contributed by atoms with Crippen molar-refractivity contribution in [3.63, 3.8) is 0 Å². The number of methoxy groups -OCH3 is 2. The Balaban J connectivity index is 2.57. The molecule has 0 atom stereocenters. The Hall–Kier alpha value is -2.48. The van der Waals surface area contributed by atoms with Gasteiger partial charge in [-0.3, -0.25) is 0 Å². The van der Waals surface area contributed by atoms with Crippen molar-refractivity contribution in [2.45, 2.75) is 6.92 Å². The van der Waals surface area contributed by atoms with E-state index in [2.05, 4.69) is 11.1 Å². The molecular weight excluding hydrogens is 242 g/mol. The highest BCUT2D eigenvalue weighted by Gasteiger charge is 2.14. The Morgan fingerprint density at radius 1 is 1.21 bits per heavy atom. The molecule has 0 radical (unpaired) electrons. The highest BCUT2D eigenvalue weighted by molar-refractivity contribution is 5.63. The third-order valence-electron chi connectivity index (χ3n) is 3.02. The molecule has 5 heteroatoms. The van der Waals surface area contributed by atoms with Gasteiger partial charge in [0.1, 0.15) is 17.6 Å². The van der Waals surface area contributed by atoms with Crippen LogP contribution >= 0.6 is 0 Å². The van der Waals surface area contributed by atoms with Gasteiger partial charge in [-0.25, -0.2) is 4.98 Å². The van der Waals surface area contributed by atoms with E-state index in [0.717, 1.165) is 17.1 Å². The summed E-state index contributed by atoms with van der Waals surface area (Å²) in [4.78, 5) is 4.43. The molecular formula is C14H15N3O2. The first-order valence-electron chi connectivity index (χ1n) is 5.78. The van der Waals surface area contributed by atoms with Gasteiger partial charge in [-0.05, 0) is 25.1 Å². The van der Waals surface area contributed by atoms with E-state index in [4.69, 9.17) is 14.7 Å². The van der Waals surface area contributed by atoms with Crippen molar-refractivity contribution >= 4 is 0 Å². The number of hydrogen-bond acceptors (Lipinski definition) is 4. The first kappa shape index (κ1) is 13.0. The van der Waals surface area contributed by atoms with Crippen LogP contribution in [0.5, 0.6) is 11.5 Å². The molecule has 0 amide bonds. The van der Waals surface area contributed by atoms with E-state index >= 15 is 0 Å². The van der Waals surface area contributed by atoms with Crippen LogP contribution in [-0.2, 0) is 7.05 Å². The van der Waals surface area contributed by atoms with Crippen LogP contribution in [0.2, 0.25) is 0 Å². The van der Waals surface area contributed by atoms with Crippen molar-refractivity contribution in [3.8, 4) is 29.0 Å². The highest BCUT2D eigenvalue weighted by Crippen LogP contribution is 2.32. The number of aromatic nitrogens is 2. The number of nitriles is 1. The van der Waals surface area contributed by atoms with E-state index < -0.39 is 0 Å². The Morgan fingerprint density at radius 2 is 1.89 bits per heavy atom. The number of rotatable bonds is 3. The average Bonchev–Trinajstić information content (AvgIpc) is 2.72. The average molecular weight is 257 g/mol. The molecule has 0 aliphatic carbocycles. The molecule has 2 aromatic rings. The maximum atomic E-state index is 9.09. The van der Waals surface area contributed by atoms with Crippen LogP contribution in [0, 0.1) is 18.3 Å². The Kier molecular flexibility index (Phi) is 3.43. The fourth-order valence-corrected chi connectivity index (χ4v) is 2.02. The van der Waals surface area contributed by atoms with Gasteiger partial charge in [-0.1, -0.05) is 0 Å². The molecule has 0 unspecified atom stereocenters. The monoisotopic (exact) mass is 257 g/mol. The maximum absolute atomic E-state index is 9.09. The summed E-state index contributed by atoms with van der Waals surface area (Å²) in [5.41, 5.74) is 2.16. The van der Waals surface area contributed by atoms with E-state index in [1.807, 2.05) is 32.2 Å². The molecule has 0 fully saturated rings. The second kappa shape index (κ2) is 5.02. The normalized spacial score (nSPS) is 10.1. The van der Waals surface area contributed by atoms with Gasteiger partial charge in [0.2, 0.25) is 0 Å². The lowest BCUT2D eigenvalue weighted by atomic mass is 10.2. The summed E-state index contributed by atoms with van der Waals surface area (Å²) >= 11 is 0. The minimum Gasteiger partial charge on any atom is -0.493 e. The number of benzene rings is 1. The molecule has 0 saturated heterocycles. The molecule has 0 bridgehead atoms. The molecule has 0 N–H and O–H groups in total. The SMILES string of the molecule is COc1ccc(-c2nc(C)c(C#N)n2C)cc1OC. The molecule has 0 aliphatic rings. The predicted molar refractivity (Wildman–Crippen MR) is 71.2 cm³/mol. The van der Waals surface area contributed by atoms with Crippen molar-refractivity contribution in [2.24, 2.45) is 7.05 Å². The molecule has 5 nitrogen and oxygen atoms in total. The molecule has 0 saturated carbocycles. The number of nitrogens with zero attached hydrogens (tertiary/aromatic N) is 3. The summed E-state index contributed by atoms with van der Waals surface area (Å²) < 4.78 is 12.3. The molecule has 0 aliphatic heterocycles. The third kappa shape index (κ3) is 2.13. The third-order valence-corrected chi connectivity index (χ3v) is 3.02. The largest absolute Gasteiger partial charge is 0.493 e. The van der Waals surface area contributed by atoms with Crippen LogP contribution in [0.1, 0.15) is 11.4 Å². The zero-order valence-electron chi connectivity index (χ0n) is 11.4. The smallest absolute Gasteiger partial charge is 0.161 e. The van der Waals surface area contributed by atoms with Gasteiger partial charge in [0, 0.05) is 12.6 Å². The minimum atomic E-state index is 0.560. The van der Waals surface area contributed by atoms with Crippen molar-refractivity contribution in [1.82, 2.24) is 9.55 Å². The highest BCUT2D eigenvalue weighted by atomic mass is 16.5. The first-order chi connectivity index (χ1) is 9.12. The van der Waals surface area contributed by atoms with Gasteiger partial charge in [0.25, 0.3) is 0 Å². The molecule has 1 heterocycles. The zero-order chi connectivity index (χ0) is 14.0. The van der Waals surface area contributed by atoms with Gasteiger partial charge < -0.3 is 14.0 Å². The Labute approximate surface area is 112 Å². The predicted octanol–water partition coefficient (Wildman–Crippen LogP) is 2.28. The number of hydrogen-bond donors (Lipinski definition) is 0. The lowest BCUT2D eigenvalue weighted by Crippen LogP contribution is -1.97. The zero-order valence-corrected chi connectivity index (χ0v) is 11.4. The van der Waals surface area contributed by atoms with Gasteiger partial charge >= 0.3 is 0 Å². The van der Waals surface area contributed by atoms with Crippen LogP contribution in [0.15, 0.2) is 18.2 Å². The summed E-state index contributed by atoms with van der Waals surface area (Å²) in [7, 11) is 5.01. The van der Waals surface area contributed by atoms with E-state index in [-0.39, 0.29) is 0 Å². The second-order valence-corrected chi connectivity index (χ2v) is 4.11. The van der Waals surface area contributed by atoms with Crippen molar-refractivity contribution in [2.75, 3.05) is 14.2 Å². The minimum absolute atomic E-state index is 0.560. The topological polar surface area (TPSA) is 60.1 Å². The number of imidazole rings is 1. The van der Waals surface area contributed by atoms with Crippen molar-refractivity contribution in [1.29, 1.82) is 5.26 Å². The van der Waals surface area contributed by atoms with Gasteiger partial charge in [0.15, 0.2) is 11.5 Å². The molecule has 0 spiro atoms. The molecule has 2 rings (SSSR count). The summed E-state index contributed by atoms with van der Waals surface area (Å²) in [6.45, 7) is 1.82. The summed E-state index contributed by atoms with van der Waals surface area (Å²) in [5, 5.41) is 9.09. The van der Waals surface area contributed by atoms with Crippen LogP contribution in [0.3, 0.4) is 0 Å². The van der Waals surface area contributed by atoms with Crippen molar-refractivity contribution < 1.29 is 9.47 Å². The fourth-order valence-electron chi connectivity index (χ4n) is 2.02. The Morgan fingerprint density at radius 3 is 2.42 bits per heavy atom. The van der Waals surface area contributed by atoms with Gasteiger partial charge in [-0.15, -0.1) is 0 Å².